The number of carbonyl (C=O) groups excluding carboxylic acids is 1. The van der Waals surface area contributed by atoms with Crippen molar-refractivity contribution >= 4 is 32.8 Å². The molecule has 0 N–H and O–H groups in total. The third-order valence-electron chi connectivity index (χ3n) is 3.78. The van der Waals surface area contributed by atoms with Gasteiger partial charge in [-0.15, -0.1) is 0 Å². The highest BCUT2D eigenvalue weighted by molar-refractivity contribution is 9.09. The number of rotatable bonds is 2. The van der Waals surface area contributed by atoms with Crippen LogP contribution in [-0.2, 0) is 0 Å². The minimum atomic E-state index is 0.0918. The Morgan fingerprint density at radius 1 is 1.37 bits per heavy atom. The van der Waals surface area contributed by atoms with Crippen molar-refractivity contribution in [2.45, 2.75) is 25.3 Å². The molecule has 0 radical (unpaired) electrons. The smallest absolute Gasteiger partial charge is 0.258 e. The Hall–Kier alpha value is -1.29. The molecule has 1 saturated heterocycles. The summed E-state index contributed by atoms with van der Waals surface area (Å²) in [5.41, 5.74) is 1.46. The molecular formula is C15H16BrNO2. The Labute approximate surface area is 120 Å². The molecule has 1 amide bonds. The van der Waals surface area contributed by atoms with E-state index in [9.17, 15) is 4.79 Å². The minimum Gasteiger partial charge on any atom is -0.463 e. The van der Waals surface area contributed by atoms with Crippen molar-refractivity contribution in [3.63, 3.8) is 0 Å². The molecule has 1 unspecified atom stereocenters. The molecule has 1 aliphatic heterocycles. The summed E-state index contributed by atoms with van der Waals surface area (Å²) >= 11 is 3.52. The summed E-state index contributed by atoms with van der Waals surface area (Å²) in [5.74, 6) is 0.0918. The van der Waals surface area contributed by atoms with Crippen LogP contribution in [0.4, 0.5) is 0 Å². The summed E-state index contributed by atoms with van der Waals surface area (Å²) in [4.78, 5) is 14.7. The molecule has 2 aromatic rings. The highest BCUT2D eigenvalue weighted by Crippen LogP contribution is 2.26. The van der Waals surface area contributed by atoms with E-state index in [1.165, 1.54) is 6.42 Å². The van der Waals surface area contributed by atoms with E-state index in [0.29, 0.717) is 11.6 Å². The molecule has 1 aromatic heterocycles. The fraction of sp³-hybridized carbons (Fsp3) is 0.400. The van der Waals surface area contributed by atoms with Crippen LogP contribution in [0.25, 0.3) is 11.0 Å². The second-order valence-electron chi connectivity index (χ2n) is 4.95. The first-order valence-electron chi connectivity index (χ1n) is 6.64. The zero-order valence-electron chi connectivity index (χ0n) is 10.6. The van der Waals surface area contributed by atoms with Crippen LogP contribution in [0.1, 0.15) is 29.6 Å². The van der Waals surface area contributed by atoms with Gasteiger partial charge >= 0.3 is 0 Å². The van der Waals surface area contributed by atoms with Gasteiger partial charge in [-0.25, -0.2) is 0 Å². The maximum Gasteiger partial charge on any atom is 0.258 e. The summed E-state index contributed by atoms with van der Waals surface area (Å²) in [7, 11) is 0. The van der Waals surface area contributed by atoms with Crippen molar-refractivity contribution in [3.8, 4) is 0 Å². The molecular weight excluding hydrogens is 306 g/mol. The van der Waals surface area contributed by atoms with Gasteiger partial charge in [0.2, 0.25) is 0 Å². The average molecular weight is 322 g/mol. The Morgan fingerprint density at radius 3 is 3.05 bits per heavy atom. The third-order valence-corrected chi connectivity index (χ3v) is 4.52. The number of furan rings is 1. The lowest BCUT2D eigenvalue weighted by Crippen LogP contribution is -2.44. The number of hydrogen-bond acceptors (Lipinski definition) is 2. The lowest BCUT2D eigenvalue weighted by atomic mass is 10.0. The first-order valence-corrected chi connectivity index (χ1v) is 7.76. The Bertz CT molecular complexity index is 593. The minimum absolute atomic E-state index is 0.0918. The van der Waals surface area contributed by atoms with E-state index in [0.717, 1.165) is 35.7 Å². The van der Waals surface area contributed by atoms with E-state index in [2.05, 4.69) is 15.9 Å². The second kappa shape index (κ2) is 5.37. The number of alkyl halides is 1. The third kappa shape index (κ3) is 2.29. The number of benzene rings is 1. The van der Waals surface area contributed by atoms with Gasteiger partial charge < -0.3 is 9.32 Å². The van der Waals surface area contributed by atoms with Gasteiger partial charge in [0.05, 0.1) is 5.56 Å². The quantitative estimate of drug-likeness (QED) is 0.788. The summed E-state index contributed by atoms with van der Waals surface area (Å²) < 4.78 is 5.47. The monoisotopic (exact) mass is 321 g/mol. The number of hydrogen-bond donors (Lipinski definition) is 0. The number of para-hydroxylation sites is 1. The van der Waals surface area contributed by atoms with Crippen molar-refractivity contribution in [2.24, 2.45) is 0 Å². The normalized spacial score (nSPS) is 19.8. The first-order chi connectivity index (χ1) is 9.31. The molecule has 0 spiro atoms. The molecule has 3 rings (SSSR count). The van der Waals surface area contributed by atoms with Crippen LogP contribution in [0.5, 0.6) is 0 Å². The summed E-state index contributed by atoms with van der Waals surface area (Å²) in [6.07, 6.45) is 4.96. The van der Waals surface area contributed by atoms with E-state index >= 15 is 0 Å². The van der Waals surface area contributed by atoms with Gasteiger partial charge in [0.1, 0.15) is 11.8 Å². The number of amides is 1. The maximum absolute atomic E-state index is 12.7. The molecule has 3 nitrogen and oxygen atoms in total. The van der Waals surface area contributed by atoms with Gasteiger partial charge in [-0.2, -0.15) is 0 Å². The molecule has 0 aliphatic carbocycles. The summed E-state index contributed by atoms with van der Waals surface area (Å²) in [5, 5.41) is 1.75. The van der Waals surface area contributed by atoms with Crippen LogP contribution in [0.2, 0.25) is 0 Å². The van der Waals surface area contributed by atoms with Crippen molar-refractivity contribution in [1.29, 1.82) is 0 Å². The molecule has 19 heavy (non-hydrogen) atoms. The van der Waals surface area contributed by atoms with Crippen molar-refractivity contribution < 1.29 is 9.21 Å². The predicted molar refractivity (Wildman–Crippen MR) is 78.7 cm³/mol. The molecule has 1 atom stereocenters. The van der Waals surface area contributed by atoms with Crippen molar-refractivity contribution in [3.05, 3.63) is 36.1 Å². The maximum atomic E-state index is 12.7. The van der Waals surface area contributed by atoms with E-state index in [1.807, 2.05) is 29.2 Å². The lowest BCUT2D eigenvalue weighted by molar-refractivity contribution is 0.0643. The molecule has 1 fully saturated rings. The SMILES string of the molecule is O=C(c1coc2ccccc12)N1CCCCC1CBr. The molecule has 1 aliphatic rings. The molecule has 0 bridgehead atoms. The molecule has 2 heterocycles. The van der Waals surface area contributed by atoms with Gasteiger partial charge in [0.15, 0.2) is 0 Å². The van der Waals surface area contributed by atoms with E-state index < -0.39 is 0 Å². The van der Waals surface area contributed by atoms with Gasteiger partial charge in [0.25, 0.3) is 5.91 Å². The molecule has 4 heteroatoms. The number of likely N-dealkylation sites (tertiary alicyclic amines) is 1. The fourth-order valence-electron chi connectivity index (χ4n) is 2.73. The van der Waals surface area contributed by atoms with E-state index in [4.69, 9.17) is 4.42 Å². The average Bonchev–Trinajstić information content (AvgIpc) is 2.90. The largest absolute Gasteiger partial charge is 0.463 e. The predicted octanol–water partition coefficient (Wildman–Crippen LogP) is 3.82. The van der Waals surface area contributed by atoms with Crippen LogP contribution in [0.3, 0.4) is 0 Å². The van der Waals surface area contributed by atoms with Crippen LogP contribution < -0.4 is 0 Å². The highest BCUT2D eigenvalue weighted by Gasteiger charge is 2.28. The van der Waals surface area contributed by atoms with Gasteiger partial charge in [-0.1, -0.05) is 34.1 Å². The number of nitrogens with zero attached hydrogens (tertiary/aromatic N) is 1. The van der Waals surface area contributed by atoms with E-state index in [-0.39, 0.29) is 5.91 Å². The first kappa shape index (κ1) is 12.7. The van der Waals surface area contributed by atoms with Crippen LogP contribution >= 0.6 is 15.9 Å². The van der Waals surface area contributed by atoms with Crippen LogP contribution in [0, 0.1) is 0 Å². The standard InChI is InChI=1S/C15H16BrNO2/c16-9-11-5-3-4-8-17(11)15(18)13-10-19-14-7-2-1-6-12(13)14/h1-2,6-7,10-11H,3-5,8-9H2. The van der Waals surface area contributed by atoms with Crippen molar-refractivity contribution in [2.75, 3.05) is 11.9 Å². The zero-order valence-corrected chi connectivity index (χ0v) is 12.2. The highest BCUT2D eigenvalue weighted by atomic mass is 79.9. The Balaban J connectivity index is 1.94. The van der Waals surface area contributed by atoms with Gasteiger partial charge in [-0.3, -0.25) is 4.79 Å². The van der Waals surface area contributed by atoms with Gasteiger partial charge in [0, 0.05) is 23.3 Å². The number of piperidine rings is 1. The van der Waals surface area contributed by atoms with Crippen LogP contribution in [0.15, 0.2) is 34.9 Å². The fourth-order valence-corrected chi connectivity index (χ4v) is 3.40. The van der Waals surface area contributed by atoms with E-state index in [1.54, 1.807) is 6.26 Å². The van der Waals surface area contributed by atoms with Gasteiger partial charge in [-0.05, 0) is 25.3 Å². The molecule has 100 valence electrons. The van der Waals surface area contributed by atoms with Crippen molar-refractivity contribution in [1.82, 2.24) is 4.90 Å². The number of carbonyl (C=O) groups is 1. The number of halogens is 1. The lowest BCUT2D eigenvalue weighted by Gasteiger charge is -2.34. The molecule has 1 aromatic carbocycles. The molecule has 0 saturated carbocycles. The zero-order chi connectivity index (χ0) is 13.2. The second-order valence-corrected chi connectivity index (χ2v) is 5.60. The Morgan fingerprint density at radius 2 is 2.21 bits per heavy atom. The topological polar surface area (TPSA) is 33.5 Å². The Kier molecular flexibility index (Phi) is 3.60. The summed E-state index contributed by atoms with van der Waals surface area (Å²) in [6.45, 7) is 0.842. The summed E-state index contributed by atoms with van der Waals surface area (Å²) in [6, 6.07) is 7.99. The van der Waals surface area contributed by atoms with Crippen LogP contribution in [-0.4, -0.2) is 28.7 Å². The number of fused-ring (bicyclic) bond motifs is 1.